The molecule has 0 bridgehead atoms. The van der Waals surface area contributed by atoms with Crippen LogP contribution in [0.4, 0.5) is 4.39 Å². The Morgan fingerprint density at radius 2 is 2.04 bits per heavy atom. The van der Waals surface area contributed by atoms with Crippen LogP contribution in [0, 0.1) is 5.82 Å². The van der Waals surface area contributed by atoms with Crippen LogP contribution in [-0.4, -0.2) is 24.1 Å². The lowest BCUT2D eigenvalue weighted by Gasteiger charge is -2.07. The summed E-state index contributed by atoms with van der Waals surface area (Å²) in [6.45, 7) is -0.00428. The molecular weight excluding hydrogens is 389 g/mol. The summed E-state index contributed by atoms with van der Waals surface area (Å²) in [6.07, 6.45) is 1.24. The Hall–Kier alpha value is -2.16. The number of carboxylic acids is 1. The molecule has 0 saturated heterocycles. The van der Waals surface area contributed by atoms with Gasteiger partial charge < -0.3 is 9.67 Å². The minimum Gasteiger partial charge on any atom is -0.477 e. The molecule has 0 atom stereocenters. The Labute approximate surface area is 151 Å². The van der Waals surface area contributed by atoms with E-state index in [9.17, 15) is 22.7 Å². The molecule has 0 fully saturated rings. The third-order valence-electron chi connectivity index (χ3n) is 3.50. The summed E-state index contributed by atoms with van der Waals surface area (Å²) in [5.41, 5.74) is 0.255. The first-order valence-electron chi connectivity index (χ1n) is 6.95. The first kappa shape index (κ1) is 17.7. The second-order valence-electron chi connectivity index (χ2n) is 5.18. The lowest BCUT2D eigenvalue weighted by molar-refractivity contribution is 0.0685. The number of halogens is 2. The van der Waals surface area contributed by atoms with Crippen LogP contribution >= 0.6 is 22.9 Å². The van der Waals surface area contributed by atoms with Crippen LogP contribution in [0.2, 0.25) is 5.02 Å². The predicted molar refractivity (Wildman–Crippen MR) is 91.7 cm³/mol. The van der Waals surface area contributed by atoms with Crippen LogP contribution in [0.25, 0.3) is 0 Å². The zero-order valence-corrected chi connectivity index (χ0v) is 14.9. The third kappa shape index (κ3) is 3.46. The van der Waals surface area contributed by atoms with E-state index in [1.54, 1.807) is 17.5 Å². The Balaban J connectivity index is 2.04. The molecule has 130 valence electrons. The molecule has 0 aliphatic carbocycles. The van der Waals surface area contributed by atoms with Crippen molar-refractivity contribution in [1.82, 2.24) is 4.57 Å². The molecule has 9 heteroatoms. The SMILES string of the molecule is O=C(O)c1cc(S(=O)(=O)c2cccs2)cn1Cc1ccc(Cl)c(F)c1. The molecule has 0 amide bonds. The molecule has 25 heavy (non-hydrogen) atoms. The van der Waals surface area contributed by atoms with E-state index >= 15 is 0 Å². The number of carbonyl (C=O) groups is 1. The van der Waals surface area contributed by atoms with Crippen LogP contribution in [0.1, 0.15) is 16.1 Å². The van der Waals surface area contributed by atoms with Crippen LogP contribution in [-0.2, 0) is 16.4 Å². The summed E-state index contributed by atoms with van der Waals surface area (Å²) < 4.78 is 40.1. The average Bonchev–Trinajstić information content (AvgIpc) is 3.21. The first-order valence-corrected chi connectivity index (χ1v) is 9.69. The number of rotatable bonds is 5. The fourth-order valence-electron chi connectivity index (χ4n) is 2.31. The summed E-state index contributed by atoms with van der Waals surface area (Å²) in [5.74, 6) is -1.91. The Bertz CT molecular complexity index is 1040. The molecule has 0 unspecified atom stereocenters. The molecular formula is C16H11ClFNO4S2. The number of benzene rings is 1. The molecule has 0 aliphatic rings. The highest BCUT2D eigenvalue weighted by Crippen LogP contribution is 2.27. The number of aromatic carboxylic acids is 1. The summed E-state index contributed by atoms with van der Waals surface area (Å²) in [6, 6.07) is 8.24. The van der Waals surface area contributed by atoms with E-state index in [0.29, 0.717) is 5.56 Å². The van der Waals surface area contributed by atoms with Gasteiger partial charge in [0.1, 0.15) is 15.7 Å². The topological polar surface area (TPSA) is 76.4 Å². The molecule has 2 heterocycles. The van der Waals surface area contributed by atoms with Gasteiger partial charge in [-0.05, 0) is 35.2 Å². The van der Waals surface area contributed by atoms with Crippen molar-refractivity contribution < 1.29 is 22.7 Å². The van der Waals surface area contributed by atoms with Crippen LogP contribution < -0.4 is 0 Å². The van der Waals surface area contributed by atoms with Crippen molar-refractivity contribution in [2.24, 2.45) is 0 Å². The van der Waals surface area contributed by atoms with Crippen molar-refractivity contribution in [2.75, 3.05) is 0 Å². The van der Waals surface area contributed by atoms with Crippen molar-refractivity contribution in [1.29, 1.82) is 0 Å². The van der Waals surface area contributed by atoms with Gasteiger partial charge in [0.25, 0.3) is 0 Å². The van der Waals surface area contributed by atoms with Gasteiger partial charge in [-0.1, -0.05) is 23.7 Å². The molecule has 1 N–H and O–H groups in total. The summed E-state index contributed by atoms with van der Waals surface area (Å²) in [4.78, 5) is 11.3. The van der Waals surface area contributed by atoms with Gasteiger partial charge >= 0.3 is 5.97 Å². The van der Waals surface area contributed by atoms with Crippen LogP contribution in [0.5, 0.6) is 0 Å². The van der Waals surface area contributed by atoms with E-state index < -0.39 is 21.6 Å². The number of carboxylic acid groups (broad SMARTS) is 1. The Kier molecular flexibility index (Phi) is 4.68. The fourth-order valence-corrected chi connectivity index (χ4v) is 4.86. The summed E-state index contributed by atoms with van der Waals surface area (Å²) in [7, 11) is -3.80. The number of aromatic nitrogens is 1. The van der Waals surface area contributed by atoms with E-state index in [-0.39, 0.29) is 26.4 Å². The number of hydrogen-bond donors (Lipinski definition) is 1. The number of nitrogens with zero attached hydrogens (tertiary/aromatic N) is 1. The van der Waals surface area contributed by atoms with Crippen LogP contribution in [0.3, 0.4) is 0 Å². The second kappa shape index (κ2) is 6.62. The minimum absolute atomic E-state index is 0.00428. The van der Waals surface area contributed by atoms with Crippen molar-refractivity contribution in [3.8, 4) is 0 Å². The van der Waals surface area contributed by atoms with E-state index in [1.165, 1.54) is 29.0 Å². The van der Waals surface area contributed by atoms with Gasteiger partial charge in [-0.25, -0.2) is 17.6 Å². The molecule has 3 aromatic rings. The average molecular weight is 400 g/mol. The van der Waals surface area contributed by atoms with Gasteiger partial charge in [-0.2, -0.15) is 0 Å². The maximum Gasteiger partial charge on any atom is 0.352 e. The maximum atomic E-state index is 13.6. The summed E-state index contributed by atoms with van der Waals surface area (Å²) >= 11 is 6.68. The first-order chi connectivity index (χ1) is 11.8. The van der Waals surface area contributed by atoms with E-state index in [2.05, 4.69) is 0 Å². The predicted octanol–water partition coefficient (Wildman–Crippen LogP) is 3.92. The van der Waals surface area contributed by atoms with Gasteiger partial charge in [0, 0.05) is 12.7 Å². The highest BCUT2D eigenvalue weighted by Gasteiger charge is 2.24. The molecule has 5 nitrogen and oxygen atoms in total. The fraction of sp³-hybridized carbons (Fsp3) is 0.0625. The number of thiophene rings is 1. The highest BCUT2D eigenvalue weighted by atomic mass is 35.5. The molecule has 0 spiro atoms. The van der Waals surface area contributed by atoms with E-state index in [4.69, 9.17) is 11.6 Å². The standard InChI is InChI=1S/C16H11ClFNO4S2/c17-12-4-3-10(6-13(12)18)8-19-9-11(7-14(19)16(20)21)25(22,23)15-2-1-5-24-15/h1-7,9H,8H2,(H,20,21). The monoisotopic (exact) mass is 399 g/mol. The van der Waals surface area contributed by atoms with Gasteiger partial charge in [-0.15, -0.1) is 11.3 Å². The highest BCUT2D eigenvalue weighted by molar-refractivity contribution is 7.93. The minimum atomic E-state index is -3.80. The molecule has 1 aromatic carbocycles. The molecule has 0 aliphatic heterocycles. The molecule has 0 radical (unpaired) electrons. The van der Waals surface area contributed by atoms with E-state index in [1.807, 2.05) is 0 Å². The third-order valence-corrected chi connectivity index (χ3v) is 6.92. The van der Waals surface area contributed by atoms with Crippen molar-refractivity contribution in [3.63, 3.8) is 0 Å². The number of sulfone groups is 1. The van der Waals surface area contributed by atoms with Gasteiger partial charge in [0.05, 0.1) is 9.92 Å². The van der Waals surface area contributed by atoms with Gasteiger partial charge in [0.15, 0.2) is 0 Å². The Morgan fingerprint density at radius 3 is 2.64 bits per heavy atom. The van der Waals surface area contributed by atoms with Crippen molar-refractivity contribution in [2.45, 2.75) is 15.6 Å². The molecule has 2 aromatic heterocycles. The summed E-state index contributed by atoms with van der Waals surface area (Å²) in [5, 5.41) is 10.9. The van der Waals surface area contributed by atoms with Crippen molar-refractivity contribution >= 4 is 38.7 Å². The largest absolute Gasteiger partial charge is 0.477 e. The normalized spacial score (nSPS) is 11.6. The lowest BCUT2D eigenvalue weighted by Crippen LogP contribution is -2.08. The smallest absolute Gasteiger partial charge is 0.352 e. The van der Waals surface area contributed by atoms with Crippen LogP contribution in [0.15, 0.2) is 57.1 Å². The molecule has 3 rings (SSSR count). The second-order valence-corrected chi connectivity index (χ2v) is 8.71. The van der Waals surface area contributed by atoms with Gasteiger partial charge in [0.2, 0.25) is 9.84 Å². The number of hydrogen-bond acceptors (Lipinski definition) is 4. The van der Waals surface area contributed by atoms with Gasteiger partial charge in [-0.3, -0.25) is 0 Å². The lowest BCUT2D eigenvalue weighted by atomic mass is 10.2. The Morgan fingerprint density at radius 1 is 1.28 bits per heavy atom. The van der Waals surface area contributed by atoms with E-state index in [0.717, 1.165) is 17.4 Å². The quantitative estimate of drug-likeness (QED) is 0.705. The zero-order valence-electron chi connectivity index (χ0n) is 12.5. The molecule has 0 saturated carbocycles. The van der Waals surface area contributed by atoms with Crippen molar-refractivity contribution in [3.05, 3.63) is 70.1 Å². The maximum absolute atomic E-state index is 13.6. The zero-order chi connectivity index (χ0) is 18.2.